The molecule has 0 spiro atoms. The van der Waals surface area contributed by atoms with Crippen molar-refractivity contribution in [1.29, 1.82) is 0 Å². The van der Waals surface area contributed by atoms with Crippen LogP contribution in [-0.4, -0.2) is 33.9 Å². The molecule has 8 heteroatoms. The molecule has 0 radical (unpaired) electrons. The van der Waals surface area contributed by atoms with Gasteiger partial charge in [-0.2, -0.15) is 0 Å². The number of hydrogen-bond acceptors (Lipinski definition) is 4. The van der Waals surface area contributed by atoms with E-state index in [0.717, 1.165) is 0 Å². The molecule has 7 nitrogen and oxygen atoms in total. The van der Waals surface area contributed by atoms with E-state index in [1.54, 1.807) is 0 Å². The molecule has 0 aliphatic carbocycles. The molecule has 1 aromatic carbocycles. The van der Waals surface area contributed by atoms with Crippen molar-refractivity contribution in [1.82, 2.24) is 0 Å². The van der Waals surface area contributed by atoms with Gasteiger partial charge >= 0.3 is 5.97 Å². The fourth-order valence-electron chi connectivity index (χ4n) is 1.61. The average Bonchev–Trinajstić information content (AvgIpc) is 2.37. The van der Waals surface area contributed by atoms with Crippen molar-refractivity contribution < 1.29 is 20.1 Å². The third-order valence-electron chi connectivity index (χ3n) is 2.53. The van der Waals surface area contributed by atoms with Crippen LogP contribution in [0.5, 0.6) is 0 Å². The van der Waals surface area contributed by atoms with Crippen LogP contribution in [0.25, 0.3) is 10.4 Å². The van der Waals surface area contributed by atoms with E-state index in [0.29, 0.717) is 0 Å². The number of carboxylic acid groups (broad SMARTS) is 1. The maximum Gasteiger partial charge on any atom is 0.336 e. The van der Waals surface area contributed by atoms with E-state index in [-0.39, 0.29) is 29.1 Å². The first-order chi connectivity index (χ1) is 8.99. The van der Waals surface area contributed by atoms with Gasteiger partial charge in [-0.3, -0.25) is 0 Å². The number of aliphatic hydroxyl groups excluding tert-OH is 2. The van der Waals surface area contributed by atoms with Crippen LogP contribution in [0, 0.1) is 0 Å². The molecule has 0 aliphatic rings. The molecule has 102 valence electrons. The summed E-state index contributed by atoms with van der Waals surface area (Å²) in [6.45, 7) is -0.0123. The highest BCUT2D eigenvalue weighted by Crippen LogP contribution is 2.30. The van der Waals surface area contributed by atoms with Gasteiger partial charge in [0, 0.05) is 22.0 Å². The standard InChI is InChI=1S/C11H12ClN3O4/c12-7-3-1-2-6(11(18)19)9(7)10(17)8(16)4-5-14-15-13/h1-3,8,10,16-17H,4-5H2,(H,18,19). The number of aromatic carboxylic acids is 1. The number of hydrogen-bond donors (Lipinski definition) is 3. The van der Waals surface area contributed by atoms with Gasteiger partial charge in [-0.05, 0) is 24.1 Å². The molecule has 0 heterocycles. The molecule has 0 aliphatic heterocycles. The van der Waals surface area contributed by atoms with Crippen molar-refractivity contribution in [3.05, 3.63) is 44.8 Å². The first kappa shape index (κ1) is 15.3. The van der Waals surface area contributed by atoms with Gasteiger partial charge in [0.25, 0.3) is 0 Å². The predicted molar refractivity (Wildman–Crippen MR) is 68.0 cm³/mol. The lowest BCUT2D eigenvalue weighted by Crippen LogP contribution is -2.21. The van der Waals surface area contributed by atoms with Crippen molar-refractivity contribution in [2.45, 2.75) is 18.6 Å². The zero-order chi connectivity index (χ0) is 14.4. The van der Waals surface area contributed by atoms with Crippen LogP contribution in [0.1, 0.15) is 28.4 Å². The van der Waals surface area contributed by atoms with Crippen molar-refractivity contribution in [3.8, 4) is 0 Å². The topological polar surface area (TPSA) is 127 Å². The molecule has 0 saturated heterocycles. The normalized spacial score (nSPS) is 13.4. The zero-order valence-electron chi connectivity index (χ0n) is 9.77. The molecule has 1 aromatic rings. The second-order valence-corrected chi connectivity index (χ2v) is 4.17. The Morgan fingerprint density at radius 2 is 2.16 bits per heavy atom. The van der Waals surface area contributed by atoms with E-state index < -0.39 is 18.2 Å². The average molecular weight is 286 g/mol. The Kier molecular flexibility index (Phi) is 5.59. The fraction of sp³-hybridized carbons (Fsp3) is 0.364. The lowest BCUT2D eigenvalue weighted by atomic mass is 9.97. The summed E-state index contributed by atoms with van der Waals surface area (Å²) >= 11 is 5.86. The third-order valence-corrected chi connectivity index (χ3v) is 2.86. The molecule has 3 N–H and O–H groups in total. The van der Waals surface area contributed by atoms with Crippen molar-refractivity contribution in [3.63, 3.8) is 0 Å². The van der Waals surface area contributed by atoms with Crippen LogP contribution >= 0.6 is 11.6 Å². The lowest BCUT2D eigenvalue weighted by molar-refractivity contribution is 0.0141. The Bertz CT molecular complexity index is 517. The van der Waals surface area contributed by atoms with E-state index in [2.05, 4.69) is 10.0 Å². The first-order valence-electron chi connectivity index (χ1n) is 5.37. The minimum atomic E-state index is -1.46. The fourth-order valence-corrected chi connectivity index (χ4v) is 1.90. The van der Waals surface area contributed by atoms with Gasteiger partial charge in [0.1, 0.15) is 6.10 Å². The van der Waals surface area contributed by atoms with Crippen LogP contribution in [-0.2, 0) is 0 Å². The molecule has 1 rings (SSSR count). The summed E-state index contributed by atoms with van der Waals surface area (Å²) in [6, 6.07) is 4.15. The molecule has 0 fully saturated rings. The predicted octanol–water partition coefficient (Wildman–Crippen LogP) is 2.13. The summed E-state index contributed by atoms with van der Waals surface area (Å²) in [5.74, 6) is -1.25. The Labute approximate surface area is 113 Å². The number of azide groups is 1. The highest BCUT2D eigenvalue weighted by atomic mass is 35.5. The summed E-state index contributed by atoms with van der Waals surface area (Å²) in [5.41, 5.74) is 7.88. The zero-order valence-corrected chi connectivity index (χ0v) is 10.5. The molecule has 0 saturated carbocycles. The quantitative estimate of drug-likeness (QED) is 0.420. The minimum absolute atomic E-state index is 0.00446. The van der Waals surface area contributed by atoms with Gasteiger partial charge in [0.2, 0.25) is 0 Å². The largest absolute Gasteiger partial charge is 0.478 e. The minimum Gasteiger partial charge on any atom is -0.478 e. The number of aliphatic hydroxyl groups is 2. The monoisotopic (exact) mass is 285 g/mol. The number of benzene rings is 1. The van der Waals surface area contributed by atoms with E-state index in [1.165, 1.54) is 18.2 Å². The Morgan fingerprint density at radius 1 is 1.47 bits per heavy atom. The van der Waals surface area contributed by atoms with Crippen LogP contribution in [0.4, 0.5) is 0 Å². The lowest BCUT2D eigenvalue weighted by Gasteiger charge is -2.20. The maximum absolute atomic E-state index is 11.0. The molecule has 2 atom stereocenters. The maximum atomic E-state index is 11.0. The second kappa shape index (κ2) is 6.96. The highest BCUT2D eigenvalue weighted by molar-refractivity contribution is 6.31. The van der Waals surface area contributed by atoms with Gasteiger partial charge < -0.3 is 15.3 Å². The molecule has 0 bridgehead atoms. The molecule has 0 aromatic heterocycles. The SMILES string of the molecule is [N-]=[N+]=NCCC(O)C(O)c1c(Cl)cccc1C(=O)O. The van der Waals surface area contributed by atoms with Crippen LogP contribution in [0.2, 0.25) is 5.02 Å². The molecule has 2 unspecified atom stereocenters. The van der Waals surface area contributed by atoms with Crippen molar-refractivity contribution in [2.24, 2.45) is 5.11 Å². The smallest absolute Gasteiger partial charge is 0.336 e. The van der Waals surface area contributed by atoms with Gasteiger partial charge in [-0.25, -0.2) is 4.79 Å². The summed E-state index contributed by atoms with van der Waals surface area (Å²) in [5, 5.41) is 32.0. The van der Waals surface area contributed by atoms with Crippen LogP contribution in [0.15, 0.2) is 23.3 Å². The Morgan fingerprint density at radius 3 is 2.74 bits per heavy atom. The number of halogens is 1. The van der Waals surface area contributed by atoms with Gasteiger partial charge in [-0.15, -0.1) is 0 Å². The summed E-state index contributed by atoms with van der Waals surface area (Å²) in [7, 11) is 0. The van der Waals surface area contributed by atoms with Crippen molar-refractivity contribution in [2.75, 3.05) is 6.54 Å². The van der Waals surface area contributed by atoms with Gasteiger partial charge in [-0.1, -0.05) is 22.8 Å². The number of carbonyl (C=O) groups is 1. The van der Waals surface area contributed by atoms with Crippen LogP contribution in [0.3, 0.4) is 0 Å². The van der Waals surface area contributed by atoms with E-state index in [9.17, 15) is 15.0 Å². The van der Waals surface area contributed by atoms with E-state index in [1.807, 2.05) is 0 Å². The Balaban J connectivity index is 3.01. The highest BCUT2D eigenvalue weighted by Gasteiger charge is 2.25. The number of carboxylic acids is 1. The third kappa shape index (κ3) is 3.84. The summed E-state index contributed by atoms with van der Waals surface area (Å²) < 4.78 is 0. The van der Waals surface area contributed by atoms with E-state index >= 15 is 0 Å². The molecular formula is C11H12ClN3O4. The Hall–Kier alpha value is -1.79. The molecule has 0 amide bonds. The molecular weight excluding hydrogens is 274 g/mol. The first-order valence-corrected chi connectivity index (χ1v) is 5.75. The van der Waals surface area contributed by atoms with Crippen molar-refractivity contribution >= 4 is 17.6 Å². The summed E-state index contributed by atoms with van der Waals surface area (Å²) in [4.78, 5) is 13.6. The molecule has 19 heavy (non-hydrogen) atoms. The number of nitrogens with zero attached hydrogens (tertiary/aromatic N) is 3. The van der Waals surface area contributed by atoms with E-state index in [4.69, 9.17) is 22.2 Å². The number of rotatable bonds is 6. The van der Waals surface area contributed by atoms with Crippen LogP contribution < -0.4 is 0 Å². The van der Waals surface area contributed by atoms with Gasteiger partial charge in [0.05, 0.1) is 11.7 Å². The summed E-state index contributed by atoms with van der Waals surface area (Å²) in [6.07, 6.45) is -2.74. The second-order valence-electron chi connectivity index (χ2n) is 3.76. The van der Waals surface area contributed by atoms with Gasteiger partial charge in [0.15, 0.2) is 0 Å².